The maximum Gasteiger partial charge on any atom is 0.337 e. The number of carbonyl (C=O) groups excluding carboxylic acids is 2. The van der Waals surface area contributed by atoms with Gasteiger partial charge in [-0.15, -0.1) is 0 Å². The fraction of sp³-hybridized carbons (Fsp3) is 0.300. The molecule has 0 spiro atoms. The number of Topliss-reactive ketones (excluding diaryl/α,β-unsaturated/α-hetero) is 1. The third-order valence-electron chi connectivity index (χ3n) is 4.26. The number of esters is 1. The van der Waals surface area contributed by atoms with Gasteiger partial charge in [0.15, 0.2) is 5.78 Å². The zero-order valence-electron chi connectivity index (χ0n) is 14.6. The first-order chi connectivity index (χ1) is 12.0. The molecule has 5 nitrogen and oxygen atoms in total. The molecule has 1 heterocycles. The highest BCUT2D eigenvalue weighted by atomic mass is 16.5. The zero-order valence-corrected chi connectivity index (χ0v) is 14.6. The number of ketones is 1. The topological polar surface area (TPSA) is 55.8 Å². The molecule has 3 rings (SSSR count). The molecular formula is C20H21NO4. The van der Waals surface area contributed by atoms with Crippen LogP contribution in [0.2, 0.25) is 0 Å². The van der Waals surface area contributed by atoms with Gasteiger partial charge in [-0.1, -0.05) is 12.1 Å². The van der Waals surface area contributed by atoms with Gasteiger partial charge >= 0.3 is 5.97 Å². The first kappa shape index (κ1) is 17.0. The third kappa shape index (κ3) is 3.65. The number of benzene rings is 2. The van der Waals surface area contributed by atoms with Gasteiger partial charge in [-0.05, 0) is 49.7 Å². The van der Waals surface area contributed by atoms with Crippen molar-refractivity contribution >= 4 is 17.4 Å². The van der Waals surface area contributed by atoms with Crippen molar-refractivity contribution in [3.8, 4) is 5.75 Å². The van der Waals surface area contributed by atoms with Crippen LogP contribution in [-0.4, -0.2) is 31.5 Å². The molecule has 0 fully saturated rings. The van der Waals surface area contributed by atoms with E-state index in [4.69, 9.17) is 9.47 Å². The number of ether oxygens (including phenoxy) is 2. The van der Waals surface area contributed by atoms with Crippen molar-refractivity contribution in [2.75, 3.05) is 18.6 Å². The van der Waals surface area contributed by atoms with E-state index in [1.807, 2.05) is 31.2 Å². The number of hydrogen-bond acceptors (Lipinski definition) is 5. The molecule has 0 aliphatic carbocycles. The predicted octanol–water partition coefficient (Wildman–Crippen LogP) is 3.46. The molecule has 5 heteroatoms. The van der Waals surface area contributed by atoms with Crippen molar-refractivity contribution in [2.45, 2.75) is 26.5 Å². The van der Waals surface area contributed by atoms with E-state index in [2.05, 4.69) is 4.90 Å². The SMILES string of the molecule is COC(=O)c1ccc(CN2CC(C)Oc3ccc(C(C)=O)cc32)cc1. The molecule has 0 aromatic heterocycles. The van der Waals surface area contributed by atoms with Crippen molar-refractivity contribution < 1.29 is 19.1 Å². The van der Waals surface area contributed by atoms with Gasteiger partial charge in [0.05, 0.1) is 24.9 Å². The van der Waals surface area contributed by atoms with Crippen LogP contribution in [0.25, 0.3) is 0 Å². The monoisotopic (exact) mass is 339 g/mol. The van der Waals surface area contributed by atoms with E-state index in [-0.39, 0.29) is 17.9 Å². The van der Waals surface area contributed by atoms with Crippen molar-refractivity contribution in [3.05, 3.63) is 59.2 Å². The molecule has 2 aromatic carbocycles. The maximum absolute atomic E-state index is 11.7. The van der Waals surface area contributed by atoms with E-state index < -0.39 is 0 Å². The molecule has 1 unspecified atom stereocenters. The number of rotatable bonds is 4. The Morgan fingerprint density at radius 1 is 1.16 bits per heavy atom. The molecule has 25 heavy (non-hydrogen) atoms. The standard InChI is InChI=1S/C20H21NO4/c1-13-11-21(12-15-4-6-16(7-5-15)20(23)24-3)18-10-17(14(2)22)8-9-19(18)25-13/h4-10,13H,11-12H2,1-3H3. The van der Waals surface area contributed by atoms with Gasteiger partial charge in [-0.3, -0.25) is 4.79 Å². The van der Waals surface area contributed by atoms with Crippen LogP contribution in [0.3, 0.4) is 0 Å². The molecule has 2 aromatic rings. The number of nitrogens with zero attached hydrogens (tertiary/aromatic N) is 1. The van der Waals surface area contributed by atoms with Gasteiger partial charge in [-0.25, -0.2) is 4.79 Å². The number of fused-ring (bicyclic) bond motifs is 1. The third-order valence-corrected chi connectivity index (χ3v) is 4.26. The van der Waals surface area contributed by atoms with Gasteiger partial charge in [0.1, 0.15) is 11.9 Å². The first-order valence-electron chi connectivity index (χ1n) is 8.22. The van der Waals surface area contributed by atoms with Crippen molar-refractivity contribution in [3.63, 3.8) is 0 Å². The van der Waals surface area contributed by atoms with Crippen LogP contribution in [0.1, 0.15) is 40.1 Å². The highest BCUT2D eigenvalue weighted by Crippen LogP contribution is 2.35. The van der Waals surface area contributed by atoms with E-state index >= 15 is 0 Å². The lowest BCUT2D eigenvalue weighted by Gasteiger charge is -2.35. The molecule has 130 valence electrons. The van der Waals surface area contributed by atoms with Crippen LogP contribution in [0.5, 0.6) is 5.75 Å². The fourth-order valence-electron chi connectivity index (χ4n) is 2.98. The molecule has 0 amide bonds. The Balaban J connectivity index is 1.86. The average molecular weight is 339 g/mol. The van der Waals surface area contributed by atoms with Gasteiger partial charge < -0.3 is 14.4 Å². The average Bonchev–Trinajstić information content (AvgIpc) is 2.61. The van der Waals surface area contributed by atoms with Crippen LogP contribution in [-0.2, 0) is 11.3 Å². The summed E-state index contributed by atoms with van der Waals surface area (Å²) in [7, 11) is 1.37. The second kappa shape index (κ2) is 6.97. The summed E-state index contributed by atoms with van der Waals surface area (Å²) in [5.41, 5.74) is 3.19. The van der Waals surface area contributed by atoms with E-state index in [0.29, 0.717) is 17.7 Å². The van der Waals surface area contributed by atoms with Crippen LogP contribution < -0.4 is 9.64 Å². The fourth-order valence-corrected chi connectivity index (χ4v) is 2.98. The minimum absolute atomic E-state index is 0.0313. The number of hydrogen-bond donors (Lipinski definition) is 0. The smallest absolute Gasteiger partial charge is 0.337 e. The summed E-state index contributed by atoms with van der Waals surface area (Å²) in [6.07, 6.45) is 0.0602. The van der Waals surface area contributed by atoms with Crippen LogP contribution in [0, 0.1) is 0 Å². The summed E-state index contributed by atoms with van der Waals surface area (Å²) >= 11 is 0. The van der Waals surface area contributed by atoms with Gasteiger partial charge in [0, 0.05) is 12.1 Å². The Bertz CT molecular complexity index is 798. The Labute approximate surface area is 147 Å². The normalized spacial score (nSPS) is 16.0. The molecular weight excluding hydrogens is 318 g/mol. The number of carbonyl (C=O) groups is 2. The van der Waals surface area contributed by atoms with E-state index in [0.717, 1.165) is 23.5 Å². The lowest BCUT2D eigenvalue weighted by atomic mass is 10.1. The highest BCUT2D eigenvalue weighted by Gasteiger charge is 2.24. The summed E-state index contributed by atoms with van der Waals surface area (Å²) < 4.78 is 10.6. The van der Waals surface area contributed by atoms with Crippen LogP contribution >= 0.6 is 0 Å². The van der Waals surface area contributed by atoms with Crippen molar-refractivity contribution in [1.29, 1.82) is 0 Å². The number of methoxy groups -OCH3 is 1. The first-order valence-corrected chi connectivity index (χ1v) is 8.22. The summed E-state index contributed by atoms with van der Waals surface area (Å²) in [6, 6.07) is 12.9. The zero-order chi connectivity index (χ0) is 18.0. The molecule has 0 radical (unpaired) electrons. The molecule has 1 aliphatic rings. The molecule has 0 bridgehead atoms. The second-order valence-electron chi connectivity index (χ2n) is 6.24. The quantitative estimate of drug-likeness (QED) is 0.631. The number of anilines is 1. The molecule has 0 saturated carbocycles. The highest BCUT2D eigenvalue weighted by molar-refractivity contribution is 5.95. The molecule has 1 aliphatic heterocycles. The minimum atomic E-state index is -0.344. The maximum atomic E-state index is 11.7. The summed E-state index contributed by atoms with van der Waals surface area (Å²) in [5.74, 6) is 0.474. The summed E-state index contributed by atoms with van der Waals surface area (Å²) in [5, 5.41) is 0. The van der Waals surface area contributed by atoms with E-state index in [1.165, 1.54) is 7.11 Å². The van der Waals surface area contributed by atoms with Crippen molar-refractivity contribution in [2.24, 2.45) is 0 Å². The van der Waals surface area contributed by atoms with Crippen LogP contribution in [0.15, 0.2) is 42.5 Å². The van der Waals surface area contributed by atoms with E-state index in [1.54, 1.807) is 25.1 Å². The minimum Gasteiger partial charge on any atom is -0.487 e. The Morgan fingerprint density at radius 2 is 1.84 bits per heavy atom. The van der Waals surface area contributed by atoms with Gasteiger partial charge in [0.25, 0.3) is 0 Å². The largest absolute Gasteiger partial charge is 0.487 e. The molecule has 0 saturated heterocycles. The lowest BCUT2D eigenvalue weighted by Crippen LogP contribution is -2.38. The predicted molar refractivity (Wildman–Crippen MR) is 95.4 cm³/mol. The van der Waals surface area contributed by atoms with Gasteiger partial charge in [-0.2, -0.15) is 0 Å². The lowest BCUT2D eigenvalue weighted by molar-refractivity contribution is 0.0600. The van der Waals surface area contributed by atoms with Crippen LogP contribution in [0.4, 0.5) is 5.69 Å². The van der Waals surface area contributed by atoms with E-state index in [9.17, 15) is 9.59 Å². The Hall–Kier alpha value is -2.82. The summed E-state index contributed by atoms with van der Waals surface area (Å²) in [4.78, 5) is 25.4. The molecule has 0 N–H and O–H groups in total. The second-order valence-corrected chi connectivity index (χ2v) is 6.24. The van der Waals surface area contributed by atoms with Crippen molar-refractivity contribution in [1.82, 2.24) is 0 Å². The van der Waals surface area contributed by atoms with Gasteiger partial charge in [0.2, 0.25) is 0 Å². The molecule has 1 atom stereocenters. The Kier molecular flexibility index (Phi) is 4.74. The summed E-state index contributed by atoms with van der Waals surface area (Å²) in [6.45, 7) is 4.98. The Morgan fingerprint density at radius 3 is 2.48 bits per heavy atom.